The van der Waals surface area contributed by atoms with Crippen molar-refractivity contribution in [1.29, 1.82) is 0 Å². The lowest BCUT2D eigenvalue weighted by molar-refractivity contribution is -0.0246. The quantitative estimate of drug-likeness (QED) is 0.889. The maximum absolute atomic E-state index is 12.1. The molecule has 1 atom stereocenters. The van der Waals surface area contributed by atoms with E-state index in [4.69, 9.17) is 9.15 Å². The Labute approximate surface area is 112 Å². The molecule has 1 amide bonds. The number of aryl methyl sites for hydroxylation is 1. The average Bonchev–Trinajstić information content (AvgIpc) is 2.98. The second-order valence-electron chi connectivity index (χ2n) is 5.69. The highest BCUT2D eigenvalue weighted by atomic mass is 16.5. The van der Waals surface area contributed by atoms with E-state index in [1.807, 2.05) is 0 Å². The summed E-state index contributed by atoms with van der Waals surface area (Å²) in [6, 6.07) is 0.0988. The second kappa shape index (κ2) is 4.96. The predicted octanol–water partition coefficient (Wildman–Crippen LogP) is 2.20. The molecule has 2 heterocycles. The predicted molar refractivity (Wildman–Crippen MR) is 68.9 cm³/mol. The molecule has 0 radical (unpaired) electrons. The third-order valence-electron chi connectivity index (χ3n) is 4.27. The maximum atomic E-state index is 12.1. The molecule has 1 aromatic heterocycles. The minimum Gasteiger partial charge on any atom is -0.448 e. The number of amides is 1. The molecule has 1 aromatic rings. The lowest BCUT2D eigenvalue weighted by Gasteiger charge is -2.32. The topological polar surface area (TPSA) is 64.4 Å². The summed E-state index contributed by atoms with van der Waals surface area (Å²) in [6.07, 6.45) is 8.27. The van der Waals surface area contributed by atoms with E-state index in [9.17, 15) is 4.79 Å². The molecular formula is C14H20N2O3. The standard InChI is InChI=1S/C14H20N2O3/c1-10-12(15-9-18-10)13(17)16-11-7-14(19-8-11)5-3-2-4-6-14/h9,11H,2-8H2,1H3,(H,16,17)/t11-/m0/s1. The van der Waals surface area contributed by atoms with Gasteiger partial charge in [0.05, 0.1) is 18.2 Å². The first kappa shape index (κ1) is 12.7. The number of oxazole rings is 1. The van der Waals surface area contributed by atoms with Crippen LogP contribution in [0, 0.1) is 6.92 Å². The molecule has 19 heavy (non-hydrogen) atoms. The third-order valence-corrected chi connectivity index (χ3v) is 4.27. The van der Waals surface area contributed by atoms with Gasteiger partial charge in [-0.3, -0.25) is 4.79 Å². The van der Waals surface area contributed by atoms with E-state index in [1.54, 1.807) is 6.92 Å². The highest BCUT2D eigenvalue weighted by Crippen LogP contribution is 2.39. The van der Waals surface area contributed by atoms with Crippen molar-refractivity contribution in [3.8, 4) is 0 Å². The van der Waals surface area contributed by atoms with Crippen LogP contribution in [0.15, 0.2) is 10.8 Å². The van der Waals surface area contributed by atoms with Crippen molar-refractivity contribution >= 4 is 5.91 Å². The number of aromatic nitrogens is 1. The number of nitrogens with zero attached hydrogens (tertiary/aromatic N) is 1. The summed E-state index contributed by atoms with van der Waals surface area (Å²) < 4.78 is 11.0. The Hall–Kier alpha value is -1.36. The monoisotopic (exact) mass is 264 g/mol. The van der Waals surface area contributed by atoms with Crippen molar-refractivity contribution in [3.63, 3.8) is 0 Å². The Bertz CT molecular complexity index is 463. The molecule has 0 bridgehead atoms. The summed E-state index contributed by atoms with van der Waals surface area (Å²) in [5.41, 5.74) is 0.402. The molecule has 104 valence electrons. The van der Waals surface area contributed by atoms with Gasteiger partial charge in [0.1, 0.15) is 5.76 Å². The molecule has 5 heteroatoms. The Morgan fingerprint density at radius 3 is 2.89 bits per heavy atom. The first-order valence-electron chi connectivity index (χ1n) is 7.03. The lowest BCUT2D eigenvalue weighted by atomic mass is 9.82. The number of ether oxygens (including phenoxy) is 1. The molecular weight excluding hydrogens is 244 g/mol. The van der Waals surface area contributed by atoms with Gasteiger partial charge >= 0.3 is 0 Å². The van der Waals surface area contributed by atoms with Crippen LogP contribution in [0.4, 0.5) is 0 Å². The summed E-state index contributed by atoms with van der Waals surface area (Å²) in [5.74, 6) is 0.400. The Morgan fingerprint density at radius 2 is 2.21 bits per heavy atom. The van der Waals surface area contributed by atoms with E-state index in [0.29, 0.717) is 18.1 Å². The molecule has 1 N–H and O–H groups in total. The van der Waals surface area contributed by atoms with E-state index >= 15 is 0 Å². The Balaban J connectivity index is 1.60. The van der Waals surface area contributed by atoms with E-state index in [0.717, 1.165) is 19.3 Å². The fourth-order valence-electron chi connectivity index (χ4n) is 3.26. The van der Waals surface area contributed by atoms with Crippen molar-refractivity contribution in [2.75, 3.05) is 6.61 Å². The zero-order chi connectivity index (χ0) is 13.3. The van der Waals surface area contributed by atoms with Crippen LogP contribution >= 0.6 is 0 Å². The molecule has 1 saturated heterocycles. The van der Waals surface area contributed by atoms with Crippen molar-refractivity contribution in [2.45, 2.75) is 57.1 Å². The van der Waals surface area contributed by atoms with Gasteiger partial charge in [-0.05, 0) is 26.2 Å². The fourth-order valence-corrected chi connectivity index (χ4v) is 3.26. The van der Waals surface area contributed by atoms with Crippen LogP contribution in [0.1, 0.15) is 54.8 Å². The fraction of sp³-hybridized carbons (Fsp3) is 0.714. The van der Waals surface area contributed by atoms with Gasteiger partial charge in [0.25, 0.3) is 5.91 Å². The van der Waals surface area contributed by atoms with Gasteiger partial charge in [-0.1, -0.05) is 19.3 Å². The number of carbonyl (C=O) groups excluding carboxylic acids is 1. The zero-order valence-corrected chi connectivity index (χ0v) is 11.3. The first-order valence-corrected chi connectivity index (χ1v) is 7.03. The SMILES string of the molecule is Cc1ocnc1C(=O)N[C@@H]1COC2(CCCCC2)C1. The van der Waals surface area contributed by atoms with Crippen LogP contribution in [-0.4, -0.2) is 29.1 Å². The van der Waals surface area contributed by atoms with Gasteiger partial charge in [-0.25, -0.2) is 4.98 Å². The van der Waals surface area contributed by atoms with Gasteiger partial charge in [0, 0.05) is 0 Å². The molecule has 1 spiro atoms. The maximum Gasteiger partial charge on any atom is 0.273 e. The number of carbonyl (C=O) groups is 1. The highest BCUT2D eigenvalue weighted by molar-refractivity contribution is 5.93. The minimum atomic E-state index is -0.160. The van der Waals surface area contributed by atoms with Crippen LogP contribution in [0.3, 0.4) is 0 Å². The molecule has 0 aromatic carbocycles. The van der Waals surface area contributed by atoms with E-state index in [2.05, 4.69) is 10.3 Å². The van der Waals surface area contributed by atoms with Crippen molar-refractivity contribution in [1.82, 2.24) is 10.3 Å². The molecule has 5 nitrogen and oxygen atoms in total. The van der Waals surface area contributed by atoms with E-state index < -0.39 is 0 Å². The van der Waals surface area contributed by atoms with Gasteiger partial charge in [0.2, 0.25) is 0 Å². The van der Waals surface area contributed by atoms with Gasteiger partial charge in [-0.2, -0.15) is 0 Å². The van der Waals surface area contributed by atoms with Crippen LogP contribution in [0.2, 0.25) is 0 Å². The Morgan fingerprint density at radius 1 is 1.42 bits per heavy atom. The summed E-state index contributed by atoms with van der Waals surface area (Å²) in [5, 5.41) is 3.01. The molecule has 3 rings (SSSR count). The molecule has 1 saturated carbocycles. The summed E-state index contributed by atoms with van der Waals surface area (Å²) in [7, 11) is 0. The third kappa shape index (κ3) is 2.52. The number of hydrogen-bond acceptors (Lipinski definition) is 4. The van der Waals surface area contributed by atoms with E-state index in [-0.39, 0.29) is 17.6 Å². The zero-order valence-electron chi connectivity index (χ0n) is 11.3. The molecule has 2 fully saturated rings. The molecule has 1 aliphatic carbocycles. The number of rotatable bonds is 2. The molecule has 1 aliphatic heterocycles. The van der Waals surface area contributed by atoms with Gasteiger partial charge in [0.15, 0.2) is 12.1 Å². The molecule has 0 unspecified atom stereocenters. The van der Waals surface area contributed by atoms with Crippen LogP contribution in [0.5, 0.6) is 0 Å². The minimum absolute atomic E-state index is 0.0229. The average molecular weight is 264 g/mol. The van der Waals surface area contributed by atoms with Gasteiger partial charge < -0.3 is 14.5 Å². The molecule has 2 aliphatic rings. The second-order valence-corrected chi connectivity index (χ2v) is 5.69. The highest BCUT2D eigenvalue weighted by Gasteiger charge is 2.41. The van der Waals surface area contributed by atoms with Crippen molar-refractivity contribution in [3.05, 3.63) is 17.8 Å². The van der Waals surface area contributed by atoms with Crippen LogP contribution in [-0.2, 0) is 4.74 Å². The first-order chi connectivity index (χ1) is 9.19. The van der Waals surface area contributed by atoms with E-state index in [1.165, 1.54) is 25.7 Å². The smallest absolute Gasteiger partial charge is 0.273 e. The van der Waals surface area contributed by atoms with Crippen molar-refractivity contribution in [2.24, 2.45) is 0 Å². The summed E-state index contributed by atoms with van der Waals surface area (Å²) in [6.45, 7) is 2.36. The lowest BCUT2D eigenvalue weighted by Crippen LogP contribution is -2.37. The summed E-state index contributed by atoms with van der Waals surface area (Å²) >= 11 is 0. The normalized spacial score (nSPS) is 25.6. The van der Waals surface area contributed by atoms with Crippen molar-refractivity contribution < 1.29 is 13.9 Å². The number of nitrogens with one attached hydrogen (secondary N) is 1. The number of hydrogen-bond donors (Lipinski definition) is 1. The van der Waals surface area contributed by atoms with Crippen LogP contribution in [0.25, 0.3) is 0 Å². The summed E-state index contributed by atoms with van der Waals surface area (Å²) in [4.78, 5) is 16.0. The Kier molecular flexibility index (Phi) is 3.31. The van der Waals surface area contributed by atoms with Gasteiger partial charge in [-0.15, -0.1) is 0 Å². The van der Waals surface area contributed by atoms with Crippen LogP contribution < -0.4 is 5.32 Å². The largest absolute Gasteiger partial charge is 0.448 e.